The summed E-state index contributed by atoms with van der Waals surface area (Å²) >= 11 is 6.01. The van der Waals surface area contributed by atoms with Crippen LogP contribution in [-0.4, -0.2) is 66.4 Å². The predicted octanol–water partition coefficient (Wildman–Crippen LogP) is 5.47. The monoisotopic (exact) mass is 504 g/mol. The second-order valence-electron chi connectivity index (χ2n) is 8.47. The van der Waals surface area contributed by atoms with E-state index in [0.717, 1.165) is 24.4 Å². The van der Waals surface area contributed by atoms with E-state index in [1.165, 1.54) is 18.2 Å². The third kappa shape index (κ3) is 5.78. The van der Waals surface area contributed by atoms with Crippen molar-refractivity contribution in [3.63, 3.8) is 0 Å². The lowest BCUT2D eigenvalue weighted by molar-refractivity contribution is 0.151. The summed E-state index contributed by atoms with van der Waals surface area (Å²) in [4.78, 5) is 19.9. The van der Waals surface area contributed by atoms with Crippen molar-refractivity contribution in [1.29, 1.82) is 0 Å². The van der Waals surface area contributed by atoms with Crippen molar-refractivity contribution in [1.82, 2.24) is 14.8 Å². The van der Waals surface area contributed by atoms with Crippen LogP contribution in [0.2, 0.25) is 5.02 Å². The number of rotatable bonds is 5. The fourth-order valence-corrected chi connectivity index (χ4v) is 4.37. The number of anilines is 1. The predicted molar refractivity (Wildman–Crippen MR) is 135 cm³/mol. The van der Waals surface area contributed by atoms with Gasteiger partial charge in [-0.3, -0.25) is 0 Å². The highest BCUT2D eigenvalue weighted by Crippen LogP contribution is 2.29. The van der Waals surface area contributed by atoms with Crippen LogP contribution in [0.15, 0.2) is 52.6 Å². The summed E-state index contributed by atoms with van der Waals surface area (Å²) in [5.41, 5.74) is 1.35. The van der Waals surface area contributed by atoms with E-state index in [0.29, 0.717) is 50.1 Å². The van der Waals surface area contributed by atoms with Gasteiger partial charge in [0.2, 0.25) is 5.96 Å². The SMILES string of the molecule is CCCN(C)C1=NC(c2ccc(F)c(Cl)c2)=CCC(N2CCN(c3ncccc3C(F)F)CC2)=N1. The van der Waals surface area contributed by atoms with Gasteiger partial charge >= 0.3 is 0 Å². The minimum Gasteiger partial charge on any atom is -0.356 e. The standard InChI is InChI=1S/C25H28ClF3N6/c1-3-11-33(2)25-31-21(17-6-7-20(27)19(26)16-17)8-9-22(32-25)34-12-14-35(15-13-34)24-18(23(28)29)5-4-10-30-24/h4-8,10,16,23H,3,9,11-15H2,1-2H3. The second-order valence-corrected chi connectivity index (χ2v) is 8.88. The highest BCUT2D eigenvalue weighted by Gasteiger charge is 2.26. The highest BCUT2D eigenvalue weighted by molar-refractivity contribution is 6.30. The number of hydrogen-bond acceptors (Lipinski definition) is 6. The maximum absolute atomic E-state index is 13.7. The van der Waals surface area contributed by atoms with E-state index >= 15 is 0 Å². The topological polar surface area (TPSA) is 47.3 Å². The van der Waals surface area contributed by atoms with Gasteiger partial charge in [0.1, 0.15) is 17.5 Å². The van der Waals surface area contributed by atoms with Crippen LogP contribution < -0.4 is 4.90 Å². The first kappa shape index (κ1) is 25.0. The minimum absolute atomic E-state index is 0.0428. The van der Waals surface area contributed by atoms with E-state index in [9.17, 15) is 13.2 Å². The van der Waals surface area contributed by atoms with Crippen LogP contribution in [0.5, 0.6) is 0 Å². The number of halogens is 4. The van der Waals surface area contributed by atoms with Crippen LogP contribution in [0, 0.1) is 5.82 Å². The average molecular weight is 505 g/mol. The van der Waals surface area contributed by atoms with E-state index in [1.54, 1.807) is 18.3 Å². The van der Waals surface area contributed by atoms with E-state index in [2.05, 4.69) is 16.8 Å². The summed E-state index contributed by atoms with van der Waals surface area (Å²) < 4.78 is 40.6. The molecule has 1 saturated heterocycles. The minimum atomic E-state index is -2.57. The molecule has 1 aromatic carbocycles. The summed E-state index contributed by atoms with van der Waals surface area (Å²) in [6, 6.07) is 7.52. The Morgan fingerprint density at radius 2 is 1.83 bits per heavy atom. The number of aromatic nitrogens is 1. The number of amidine groups is 1. The fourth-order valence-electron chi connectivity index (χ4n) is 4.19. The number of guanidine groups is 1. The molecular formula is C25H28ClF3N6. The zero-order valence-corrected chi connectivity index (χ0v) is 20.5. The summed E-state index contributed by atoms with van der Waals surface area (Å²) in [6.07, 6.45) is 2.40. The van der Waals surface area contributed by atoms with E-state index in [-0.39, 0.29) is 10.6 Å². The first-order valence-corrected chi connectivity index (χ1v) is 12.0. The molecule has 2 aromatic rings. The van der Waals surface area contributed by atoms with Crippen LogP contribution in [-0.2, 0) is 0 Å². The molecule has 4 rings (SSSR count). The molecule has 6 nitrogen and oxygen atoms in total. The van der Waals surface area contributed by atoms with Crippen molar-refractivity contribution >= 4 is 34.9 Å². The molecule has 186 valence electrons. The number of benzene rings is 1. The first-order chi connectivity index (χ1) is 16.9. The van der Waals surface area contributed by atoms with Crippen molar-refractivity contribution in [3.8, 4) is 0 Å². The van der Waals surface area contributed by atoms with Gasteiger partial charge in [-0.15, -0.1) is 0 Å². The zero-order valence-electron chi connectivity index (χ0n) is 19.8. The highest BCUT2D eigenvalue weighted by atomic mass is 35.5. The van der Waals surface area contributed by atoms with Gasteiger partial charge in [-0.25, -0.2) is 23.1 Å². The maximum Gasteiger partial charge on any atom is 0.267 e. The molecular weight excluding hydrogens is 477 g/mol. The fraction of sp³-hybridized carbons (Fsp3) is 0.400. The Hall–Kier alpha value is -3.07. The Labute approximate surface area is 208 Å². The molecule has 35 heavy (non-hydrogen) atoms. The first-order valence-electron chi connectivity index (χ1n) is 11.6. The summed E-state index contributed by atoms with van der Waals surface area (Å²) in [7, 11) is 1.94. The molecule has 0 atom stereocenters. The van der Waals surface area contributed by atoms with Gasteiger partial charge in [0, 0.05) is 58.0 Å². The van der Waals surface area contributed by atoms with Crippen LogP contribution in [0.25, 0.3) is 5.70 Å². The maximum atomic E-state index is 13.7. The van der Waals surface area contributed by atoms with Crippen LogP contribution in [0.4, 0.5) is 19.0 Å². The Kier molecular flexibility index (Phi) is 7.95. The number of piperazine rings is 1. The van der Waals surface area contributed by atoms with Gasteiger partial charge in [-0.2, -0.15) is 4.99 Å². The largest absolute Gasteiger partial charge is 0.356 e. The lowest BCUT2D eigenvalue weighted by Gasteiger charge is -2.37. The summed E-state index contributed by atoms with van der Waals surface area (Å²) in [6.45, 7) is 5.20. The quantitative estimate of drug-likeness (QED) is 0.541. The molecule has 2 aliphatic rings. The number of nitrogens with zero attached hydrogens (tertiary/aromatic N) is 6. The molecule has 0 bridgehead atoms. The molecule has 3 heterocycles. The Morgan fingerprint density at radius 3 is 2.51 bits per heavy atom. The Morgan fingerprint density at radius 1 is 1.09 bits per heavy atom. The van der Waals surface area contributed by atoms with Crippen molar-refractivity contribution in [2.24, 2.45) is 9.98 Å². The van der Waals surface area contributed by atoms with Crippen LogP contribution >= 0.6 is 11.6 Å². The number of hydrogen-bond donors (Lipinski definition) is 0. The van der Waals surface area contributed by atoms with Crippen molar-refractivity contribution in [3.05, 3.63) is 64.6 Å². The molecule has 1 fully saturated rings. The molecule has 0 radical (unpaired) electrons. The Bertz CT molecular complexity index is 1140. The third-order valence-corrected chi connectivity index (χ3v) is 6.33. The van der Waals surface area contributed by atoms with Gasteiger partial charge in [0.15, 0.2) is 0 Å². The summed E-state index contributed by atoms with van der Waals surface area (Å²) in [5, 5.41) is 0.0428. The molecule has 0 N–H and O–H groups in total. The third-order valence-electron chi connectivity index (χ3n) is 6.04. The number of pyridine rings is 1. The van der Waals surface area contributed by atoms with Crippen molar-refractivity contribution in [2.45, 2.75) is 26.2 Å². The number of aliphatic imine (C=N–C) groups is 2. The molecule has 0 unspecified atom stereocenters. The van der Waals surface area contributed by atoms with Crippen molar-refractivity contribution in [2.75, 3.05) is 44.7 Å². The molecule has 10 heteroatoms. The van der Waals surface area contributed by atoms with Gasteiger partial charge < -0.3 is 14.7 Å². The molecule has 0 aliphatic carbocycles. The van der Waals surface area contributed by atoms with E-state index in [4.69, 9.17) is 21.6 Å². The molecule has 2 aliphatic heterocycles. The lowest BCUT2D eigenvalue weighted by Crippen LogP contribution is -2.49. The lowest BCUT2D eigenvalue weighted by atomic mass is 10.1. The van der Waals surface area contributed by atoms with Gasteiger partial charge in [0.25, 0.3) is 6.43 Å². The van der Waals surface area contributed by atoms with E-state index in [1.807, 2.05) is 22.9 Å². The molecule has 0 saturated carbocycles. The average Bonchev–Trinajstić information content (AvgIpc) is 3.09. The van der Waals surface area contributed by atoms with Gasteiger partial charge in [0.05, 0.1) is 16.3 Å². The molecule has 1 aromatic heterocycles. The second kappa shape index (κ2) is 11.1. The zero-order chi connectivity index (χ0) is 24.9. The van der Waals surface area contributed by atoms with E-state index < -0.39 is 12.2 Å². The smallest absolute Gasteiger partial charge is 0.267 e. The van der Waals surface area contributed by atoms with Crippen LogP contribution in [0.1, 0.15) is 37.3 Å². The summed E-state index contributed by atoms with van der Waals surface area (Å²) in [5.74, 6) is 1.28. The van der Waals surface area contributed by atoms with Gasteiger partial charge in [-0.05, 0) is 36.8 Å². The molecule has 0 spiro atoms. The Balaban J connectivity index is 1.55. The number of alkyl halides is 2. The normalized spacial score (nSPS) is 16.6. The van der Waals surface area contributed by atoms with Crippen molar-refractivity contribution < 1.29 is 13.2 Å². The van der Waals surface area contributed by atoms with Gasteiger partial charge in [-0.1, -0.05) is 24.6 Å². The molecule has 0 amide bonds. The van der Waals surface area contributed by atoms with Crippen LogP contribution in [0.3, 0.4) is 0 Å².